The van der Waals surface area contributed by atoms with E-state index in [0.29, 0.717) is 59.8 Å². The summed E-state index contributed by atoms with van der Waals surface area (Å²) in [6.45, 7) is 4.02. The highest BCUT2D eigenvalue weighted by Crippen LogP contribution is 2.62. The Morgan fingerprint density at radius 1 is 1.33 bits per heavy atom. The van der Waals surface area contributed by atoms with Gasteiger partial charge in [-0.3, -0.25) is 9.59 Å². The number of nitrogens with zero attached hydrogens (tertiary/aromatic N) is 1. The maximum atomic E-state index is 13.1. The van der Waals surface area contributed by atoms with Crippen LogP contribution in [-0.4, -0.2) is 16.8 Å². The second kappa shape index (κ2) is 7.51. The summed E-state index contributed by atoms with van der Waals surface area (Å²) in [6.07, 6.45) is 14.6. The molecule has 0 spiro atoms. The predicted octanol–water partition coefficient (Wildman–Crippen LogP) is 5.24. The summed E-state index contributed by atoms with van der Waals surface area (Å²) >= 11 is 0. The quantitative estimate of drug-likeness (QED) is 0.740. The summed E-state index contributed by atoms with van der Waals surface area (Å²) in [5, 5.41) is 6.67. The first kappa shape index (κ1) is 19.8. The number of carbonyl (C=O) groups is 2. The van der Waals surface area contributed by atoms with E-state index in [4.69, 9.17) is 4.52 Å². The van der Waals surface area contributed by atoms with Gasteiger partial charge in [0.1, 0.15) is 11.5 Å². The zero-order chi connectivity index (χ0) is 20.9. The molecule has 0 saturated heterocycles. The van der Waals surface area contributed by atoms with Crippen LogP contribution >= 0.6 is 0 Å². The molecule has 1 aromatic heterocycles. The molecule has 1 heterocycles. The van der Waals surface area contributed by atoms with E-state index in [0.717, 1.165) is 19.3 Å². The molecule has 160 valence electrons. The normalized spacial score (nSPS) is 37.2. The molecule has 5 nitrogen and oxygen atoms in total. The number of fused-ring (bicyclic) bond motifs is 5. The van der Waals surface area contributed by atoms with E-state index in [1.54, 1.807) is 18.6 Å². The van der Waals surface area contributed by atoms with Crippen LogP contribution in [0.3, 0.4) is 0 Å². The minimum atomic E-state index is -0.191. The Bertz CT molecular complexity index is 913. The lowest BCUT2D eigenvalue weighted by molar-refractivity contribution is -0.130. The fourth-order valence-corrected chi connectivity index (χ4v) is 7.17. The summed E-state index contributed by atoms with van der Waals surface area (Å²) in [5.74, 6) is 4.21. The van der Waals surface area contributed by atoms with Gasteiger partial charge < -0.3 is 9.84 Å². The van der Waals surface area contributed by atoms with Crippen molar-refractivity contribution in [3.63, 3.8) is 0 Å². The first-order valence-electron chi connectivity index (χ1n) is 11.6. The second-order valence-corrected chi connectivity index (χ2v) is 10.2. The molecule has 30 heavy (non-hydrogen) atoms. The van der Waals surface area contributed by atoms with E-state index in [1.807, 2.05) is 0 Å². The first-order chi connectivity index (χ1) is 14.5. The summed E-state index contributed by atoms with van der Waals surface area (Å²) in [7, 11) is 0. The van der Waals surface area contributed by atoms with Crippen LogP contribution in [0.2, 0.25) is 0 Å². The Labute approximate surface area is 178 Å². The van der Waals surface area contributed by atoms with Gasteiger partial charge in [-0.15, -0.1) is 0 Å². The molecule has 0 bridgehead atoms. The lowest BCUT2D eigenvalue weighted by atomic mass is 9.52. The third-order valence-electron chi connectivity index (χ3n) is 8.51. The number of anilines is 1. The van der Waals surface area contributed by atoms with Crippen LogP contribution in [0.25, 0.3) is 0 Å². The number of nitrogens with one attached hydrogen (secondary N) is 1. The smallest absolute Gasteiger partial charge is 0.225 e. The number of hydrogen-bond acceptors (Lipinski definition) is 4. The summed E-state index contributed by atoms with van der Waals surface area (Å²) in [4.78, 5) is 25.6. The molecular formula is C25H32N2O3. The summed E-state index contributed by atoms with van der Waals surface area (Å²) in [6, 6.07) is 1.73. The molecule has 5 rings (SSSR count). The molecule has 3 saturated carbocycles. The molecule has 1 N–H and O–H groups in total. The van der Waals surface area contributed by atoms with E-state index in [1.165, 1.54) is 19.3 Å². The molecule has 4 unspecified atom stereocenters. The van der Waals surface area contributed by atoms with Gasteiger partial charge in [-0.2, -0.15) is 0 Å². The number of amides is 1. The van der Waals surface area contributed by atoms with E-state index in [-0.39, 0.29) is 11.3 Å². The van der Waals surface area contributed by atoms with Crippen molar-refractivity contribution in [1.29, 1.82) is 0 Å². The van der Waals surface area contributed by atoms with Crippen LogP contribution in [0.1, 0.15) is 64.1 Å². The van der Waals surface area contributed by atoms with E-state index in [2.05, 4.69) is 35.6 Å². The Morgan fingerprint density at radius 3 is 3.00 bits per heavy atom. The topological polar surface area (TPSA) is 72.2 Å². The van der Waals surface area contributed by atoms with Crippen LogP contribution < -0.4 is 5.32 Å². The fourth-order valence-electron chi connectivity index (χ4n) is 7.17. The molecule has 5 heteroatoms. The number of hydrogen-bond donors (Lipinski definition) is 1. The highest BCUT2D eigenvalue weighted by Gasteiger charge is 2.59. The van der Waals surface area contributed by atoms with Crippen molar-refractivity contribution in [1.82, 2.24) is 5.16 Å². The molecule has 0 radical (unpaired) electrons. The number of carbonyl (C=O) groups excluding carboxylic acids is 2. The van der Waals surface area contributed by atoms with E-state index in [9.17, 15) is 9.59 Å². The van der Waals surface area contributed by atoms with Crippen LogP contribution in [0.4, 0.5) is 5.82 Å². The molecule has 0 aromatic carbocycles. The van der Waals surface area contributed by atoms with E-state index < -0.39 is 0 Å². The van der Waals surface area contributed by atoms with Crippen molar-refractivity contribution in [3.8, 4) is 0 Å². The van der Waals surface area contributed by atoms with Gasteiger partial charge >= 0.3 is 0 Å². The third kappa shape index (κ3) is 3.27. The average Bonchev–Trinajstić information content (AvgIpc) is 3.26. The number of aryl methyl sites for hydroxylation is 1. The summed E-state index contributed by atoms with van der Waals surface area (Å²) < 4.78 is 5.02. The lowest BCUT2D eigenvalue weighted by Crippen LogP contribution is -2.46. The van der Waals surface area contributed by atoms with Gasteiger partial charge in [0.2, 0.25) is 5.91 Å². The number of allylic oxidation sites excluding steroid dienone is 4. The Kier molecular flexibility index (Phi) is 4.95. The highest BCUT2D eigenvalue weighted by atomic mass is 16.5. The van der Waals surface area contributed by atoms with Gasteiger partial charge in [-0.05, 0) is 75.0 Å². The van der Waals surface area contributed by atoms with Crippen LogP contribution in [-0.2, 0) is 9.59 Å². The van der Waals surface area contributed by atoms with Crippen LogP contribution in [0.15, 0.2) is 34.4 Å². The van der Waals surface area contributed by atoms with Crippen molar-refractivity contribution >= 4 is 17.5 Å². The van der Waals surface area contributed by atoms with Crippen molar-refractivity contribution in [3.05, 3.63) is 35.6 Å². The van der Waals surface area contributed by atoms with Gasteiger partial charge in [0.15, 0.2) is 5.82 Å². The third-order valence-corrected chi connectivity index (χ3v) is 8.51. The van der Waals surface area contributed by atoms with Crippen molar-refractivity contribution < 1.29 is 14.1 Å². The average molecular weight is 409 g/mol. The zero-order valence-electron chi connectivity index (χ0n) is 18.0. The Hall–Kier alpha value is -2.17. The molecular weight excluding hydrogens is 376 g/mol. The summed E-state index contributed by atoms with van der Waals surface area (Å²) in [5.41, 5.74) is 1.46. The molecule has 1 aromatic rings. The standard InChI is InChI=1S/C25H32N2O3/c1-15-13-22(27-30-15)26-23(29)10-8-17-14-21(28)25(2)12-11-19-18-6-4-3-5-16(18)7-9-20(19)24(17)25/h3-4,6,13,16-17,19-20,24H,5,7-12,14H2,1-2H3,(H,26,27,29)/t16?,17-,19?,20?,24?,25-/m1/s1. The molecule has 1 amide bonds. The van der Waals surface area contributed by atoms with Gasteiger partial charge in [0.05, 0.1) is 0 Å². The zero-order valence-corrected chi connectivity index (χ0v) is 18.0. The molecule has 6 atom stereocenters. The van der Waals surface area contributed by atoms with Crippen molar-refractivity contribution in [2.24, 2.45) is 35.0 Å². The van der Waals surface area contributed by atoms with Gasteiger partial charge in [-0.1, -0.05) is 35.9 Å². The number of ketones is 1. The Balaban J connectivity index is 1.31. The van der Waals surface area contributed by atoms with Gasteiger partial charge in [0.25, 0.3) is 0 Å². The second-order valence-electron chi connectivity index (χ2n) is 10.2. The molecule has 0 aliphatic heterocycles. The number of rotatable bonds is 4. The molecule has 4 aliphatic carbocycles. The maximum absolute atomic E-state index is 13.1. The lowest BCUT2D eigenvalue weighted by Gasteiger charge is -2.52. The molecule has 4 aliphatic rings. The predicted molar refractivity (Wildman–Crippen MR) is 115 cm³/mol. The number of Topliss-reactive ketones (excluding diaryl/α,β-unsaturated/α-hetero) is 1. The number of aromatic nitrogens is 1. The van der Waals surface area contributed by atoms with E-state index >= 15 is 0 Å². The van der Waals surface area contributed by atoms with Crippen molar-refractivity contribution in [2.45, 2.75) is 65.2 Å². The van der Waals surface area contributed by atoms with Crippen molar-refractivity contribution in [2.75, 3.05) is 5.32 Å². The Morgan fingerprint density at radius 2 is 2.20 bits per heavy atom. The van der Waals surface area contributed by atoms with Crippen LogP contribution in [0, 0.1) is 41.9 Å². The monoisotopic (exact) mass is 408 g/mol. The van der Waals surface area contributed by atoms with Gasteiger partial charge in [-0.25, -0.2) is 0 Å². The molecule has 3 fully saturated rings. The highest BCUT2D eigenvalue weighted by molar-refractivity contribution is 5.90. The SMILES string of the molecule is Cc1cc(NC(=O)CC[C@@H]2CC(=O)[C@@]3(C)CCC4C5=CC=CCC5CCC4C23)no1. The fraction of sp³-hybridized carbons (Fsp3) is 0.640. The van der Waals surface area contributed by atoms with Gasteiger partial charge in [0, 0.05) is 24.3 Å². The minimum absolute atomic E-state index is 0.0412. The first-order valence-corrected chi connectivity index (χ1v) is 11.6. The maximum Gasteiger partial charge on any atom is 0.225 e. The minimum Gasteiger partial charge on any atom is -0.360 e. The van der Waals surface area contributed by atoms with Crippen LogP contribution in [0.5, 0.6) is 0 Å². The largest absolute Gasteiger partial charge is 0.360 e.